The number of ether oxygens (including phenoxy) is 1. The smallest absolute Gasteiger partial charge is 0.276 e. The van der Waals surface area contributed by atoms with Crippen LogP contribution in [0.2, 0.25) is 5.02 Å². The van der Waals surface area contributed by atoms with E-state index in [9.17, 15) is 9.59 Å². The molecule has 2 amide bonds. The van der Waals surface area contributed by atoms with E-state index in [0.29, 0.717) is 11.4 Å². The lowest BCUT2D eigenvalue weighted by Crippen LogP contribution is -2.15. The van der Waals surface area contributed by atoms with E-state index in [-0.39, 0.29) is 22.0 Å². The highest BCUT2D eigenvalue weighted by Crippen LogP contribution is 2.25. The first kappa shape index (κ1) is 18.5. The minimum atomic E-state index is -0.613. The van der Waals surface area contributed by atoms with Crippen LogP contribution < -0.4 is 15.8 Å². The van der Waals surface area contributed by atoms with Crippen LogP contribution in [-0.4, -0.2) is 28.7 Å². The van der Waals surface area contributed by atoms with Crippen molar-refractivity contribution in [3.05, 3.63) is 70.5 Å². The molecule has 7 nitrogen and oxygen atoms in total. The Morgan fingerprint density at radius 3 is 2.67 bits per heavy atom. The molecule has 0 spiro atoms. The molecule has 3 N–H and O–H groups in total. The summed E-state index contributed by atoms with van der Waals surface area (Å²) in [4.78, 5) is 23.8. The number of amides is 2. The first-order chi connectivity index (χ1) is 12.9. The highest BCUT2D eigenvalue weighted by molar-refractivity contribution is 6.34. The normalized spacial score (nSPS) is 10.5. The topological polar surface area (TPSA) is 99.2 Å². The molecule has 138 valence electrons. The molecule has 1 heterocycles. The Morgan fingerprint density at radius 2 is 1.96 bits per heavy atom. The van der Waals surface area contributed by atoms with Gasteiger partial charge in [0.15, 0.2) is 5.69 Å². The van der Waals surface area contributed by atoms with Crippen molar-refractivity contribution in [2.75, 3.05) is 12.4 Å². The standard InChI is InChI=1S/C19H17ClN4O3/c1-11-3-6-17(27-2)16(9-11)24-8-7-14(23-24)19(26)22-15-10-12(18(21)25)4-5-13(15)20/h3-10H,1-2H3,(H2,21,25)(H,22,26). The van der Waals surface area contributed by atoms with Gasteiger partial charge in [-0.2, -0.15) is 5.10 Å². The zero-order valence-electron chi connectivity index (χ0n) is 14.7. The first-order valence-corrected chi connectivity index (χ1v) is 8.38. The average molecular weight is 385 g/mol. The Bertz CT molecular complexity index is 1030. The zero-order valence-corrected chi connectivity index (χ0v) is 15.4. The molecule has 3 aromatic rings. The minimum Gasteiger partial charge on any atom is -0.494 e. The van der Waals surface area contributed by atoms with Crippen LogP contribution >= 0.6 is 11.6 Å². The van der Waals surface area contributed by atoms with Gasteiger partial charge in [-0.1, -0.05) is 17.7 Å². The second-order valence-electron chi connectivity index (χ2n) is 5.83. The number of nitrogens with zero attached hydrogens (tertiary/aromatic N) is 2. The van der Waals surface area contributed by atoms with Gasteiger partial charge in [0, 0.05) is 11.8 Å². The fourth-order valence-corrected chi connectivity index (χ4v) is 2.68. The van der Waals surface area contributed by atoms with E-state index in [1.807, 2.05) is 25.1 Å². The van der Waals surface area contributed by atoms with Crippen molar-refractivity contribution < 1.29 is 14.3 Å². The third kappa shape index (κ3) is 3.93. The number of aryl methyl sites for hydroxylation is 1. The Hall–Kier alpha value is -3.32. The van der Waals surface area contributed by atoms with Crippen molar-refractivity contribution in [2.24, 2.45) is 5.73 Å². The third-order valence-electron chi connectivity index (χ3n) is 3.90. The maximum Gasteiger partial charge on any atom is 0.276 e. The maximum atomic E-state index is 12.5. The van der Waals surface area contributed by atoms with Gasteiger partial charge in [0.05, 0.1) is 17.8 Å². The Balaban J connectivity index is 1.87. The molecule has 8 heteroatoms. The van der Waals surface area contributed by atoms with Gasteiger partial charge >= 0.3 is 0 Å². The summed E-state index contributed by atoms with van der Waals surface area (Å²) in [6.07, 6.45) is 1.66. The molecule has 0 radical (unpaired) electrons. The molecule has 0 aliphatic rings. The third-order valence-corrected chi connectivity index (χ3v) is 4.23. The summed E-state index contributed by atoms with van der Waals surface area (Å²) in [5, 5.41) is 7.23. The number of nitrogens with one attached hydrogen (secondary N) is 1. The number of benzene rings is 2. The minimum absolute atomic E-state index is 0.180. The largest absolute Gasteiger partial charge is 0.494 e. The number of carbonyl (C=O) groups is 2. The molecular weight excluding hydrogens is 368 g/mol. The summed E-state index contributed by atoms with van der Waals surface area (Å²) in [5.41, 5.74) is 7.70. The number of nitrogens with two attached hydrogens (primary N) is 1. The second kappa shape index (κ2) is 7.51. The number of hydrogen-bond donors (Lipinski definition) is 2. The Kier molecular flexibility index (Phi) is 5.14. The lowest BCUT2D eigenvalue weighted by molar-refractivity contribution is 0.0995. The van der Waals surface area contributed by atoms with E-state index in [1.165, 1.54) is 18.2 Å². The number of hydrogen-bond acceptors (Lipinski definition) is 4. The summed E-state index contributed by atoms with van der Waals surface area (Å²) in [6, 6.07) is 11.6. The SMILES string of the molecule is COc1ccc(C)cc1-n1ccc(C(=O)Nc2cc(C(N)=O)ccc2Cl)n1. The number of rotatable bonds is 5. The monoisotopic (exact) mass is 384 g/mol. The molecule has 0 bridgehead atoms. The van der Waals surface area contributed by atoms with Gasteiger partial charge in [-0.25, -0.2) is 4.68 Å². The van der Waals surface area contributed by atoms with E-state index in [2.05, 4.69) is 10.4 Å². The van der Waals surface area contributed by atoms with E-state index in [4.69, 9.17) is 22.1 Å². The van der Waals surface area contributed by atoms with Gasteiger partial charge in [0.1, 0.15) is 11.4 Å². The second-order valence-corrected chi connectivity index (χ2v) is 6.24. The summed E-state index contributed by atoms with van der Waals surface area (Å²) >= 11 is 6.08. The van der Waals surface area contributed by atoms with Crippen LogP contribution in [0.15, 0.2) is 48.7 Å². The van der Waals surface area contributed by atoms with Crippen molar-refractivity contribution in [3.8, 4) is 11.4 Å². The fourth-order valence-electron chi connectivity index (χ4n) is 2.52. The molecule has 27 heavy (non-hydrogen) atoms. The number of methoxy groups -OCH3 is 1. The lowest BCUT2D eigenvalue weighted by atomic mass is 10.2. The first-order valence-electron chi connectivity index (χ1n) is 8.00. The van der Waals surface area contributed by atoms with Crippen molar-refractivity contribution in [2.45, 2.75) is 6.92 Å². The van der Waals surface area contributed by atoms with Gasteiger partial charge in [-0.3, -0.25) is 9.59 Å². The zero-order chi connectivity index (χ0) is 19.6. The van der Waals surface area contributed by atoms with Crippen LogP contribution in [0.3, 0.4) is 0 Å². The van der Waals surface area contributed by atoms with Gasteiger partial charge in [0.2, 0.25) is 5.91 Å². The summed E-state index contributed by atoms with van der Waals surface area (Å²) in [7, 11) is 1.57. The van der Waals surface area contributed by atoms with Crippen LogP contribution in [0.4, 0.5) is 5.69 Å². The molecule has 0 unspecified atom stereocenters. The van der Waals surface area contributed by atoms with Crippen molar-refractivity contribution >= 4 is 29.1 Å². The number of anilines is 1. The highest BCUT2D eigenvalue weighted by Gasteiger charge is 2.15. The highest BCUT2D eigenvalue weighted by atomic mass is 35.5. The molecule has 2 aromatic carbocycles. The number of aromatic nitrogens is 2. The molecule has 0 aliphatic carbocycles. The molecule has 0 saturated heterocycles. The molecule has 0 fully saturated rings. The lowest BCUT2D eigenvalue weighted by Gasteiger charge is -2.09. The summed E-state index contributed by atoms with van der Waals surface area (Å²) < 4.78 is 6.91. The predicted molar refractivity (Wildman–Crippen MR) is 103 cm³/mol. The van der Waals surface area contributed by atoms with Crippen molar-refractivity contribution in [1.29, 1.82) is 0 Å². The van der Waals surface area contributed by atoms with E-state index in [0.717, 1.165) is 5.56 Å². The quantitative estimate of drug-likeness (QED) is 0.705. The molecule has 0 aliphatic heterocycles. The fraction of sp³-hybridized carbons (Fsp3) is 0.105. The average Bonchev–Trinajstić information content (AvgIpc) is 3.13. The van der Waals surface area contributed by atoms with Crippen LogP contribution in [0, 0.1) is 6.92 Å². The van der Waals surface area contributed by atoms with E-state index >= 15 is 0 Å². The van der Waals surface area contributed by atoms with E-state index in [1.54, 1.807) is 24.1 Å². The van der Waals surface area contributed by atoms with Gasteiger partial charge in [0.25, 0.3) is 5.91 Å². The molecular formula is C19H17ClN4O3. The summed E-state index contributed by atoms with van der Waals surface area (Å²) in [6.45, 7) is 1.95. The van der Waals surface area contributed by atoms with Crippen LogP contribution in [0.1, 0.15) is 26.4 Å². The molecule has 0 saturated carbocycles. The predicted octanol–water partition coefficient (Wildman–Crippen LogP) is 3.19. The van der Waals surface area contributed by atoms with Crippen LogP contribution in [0.25, 0.3) is 5.69 Å². The van der Waals surface area contributed by atoms with Crippen molar-refractivity contribution in [1.82, 2.24) is 9.78 Å². The van der Waals surface area contributed by atoms with Crippen LogP contribution in [-0.2, 0) is 0 Å². The van der Waals surface area contributed by atoms with E-state index < -0.39 is 11.8 Å². The number of carbonyl (C=O) groups excluding carboxylic acids is 2. The molecule has 3 rings (SSSR count). The van der Waals surface area contributed by atoms with Gasteiger partial charge < -0.3 is 15.8 Å². The van der Waals surface area contributed by atoms with Gasteiger partial charge in [-0.05, 0) is 48.9 Å². The van der Waals surface area contributed by atoms with Crippen molar-refractivity contribution in [3.63, 3.8) is 0 Å². The molecule has 0 atom stereocenters. The number of primary amides is 1. The summed E-state index contributed by atoms with van der Waals surface area (Å²) in [5.74, 6) is -0.449. The Labute approximate surface area is 160 Å². The maximum absolute atomic E-state index is 12.5. The molecule has 1 aromatic heterocycles. The van der Waals surface area contributed by atoms with Crippen LogP contribution in [0.5, 0.6) is 5.75 Å². The van der Waals surface area contributed by atoms with Gasteiger partial charge in [-0.15, -0.1) is 0 Å². The Morgan fingerprint density at radius 1 is 1.19 bits per heavy atom. The number of halogens is 1.